The maximum absolute atomic E-state index is 5.62. The molecule has 4 heteroatoms. The molecule has 0 amide bonds. The van der Waals surface area contributed by atoms with Crippen molar-refractivity contribution in [2.75, 3.05) is 5.73 Å². The summed E-state index contributed by atoms with van der Waals surface area (Å²) in [5.74, 6) is 0. The van der Waals surface area contributed by atoms with Crippen LogP contribution in [0.25, 0.3) is 0 Å². The van der Waals surface area contributed by atoms with Gasteiger partial charge in [-0.1, -0.05) is 0 Å². The smallest absolute Gasteiger partial charge is 0.180 e. The molecule has 0 bridgehead atoms. The first-order chi connectivity index (χ1) is 6.00. The Labute approximate surface area is 82.9 Å². The predicted molar refractivity (Wildman–Crippen MR) is 55.9 cm³/mol. The summed E-state index contributed by atoms with van der Waals surface area (Å²) >= 11 is 1.51. The van der Waals surface area contributed by atoms with E-state index in [0.29, 0.717) is 5.13 Å². The summed E-state index contributed by atoms with van der Waals surface area (Å²) in [5.41, 5.74) is 6.57. The van der Waals surface area contributed by atoms with Crippen molar-refractivity contribution in [3.05, 3.63) is 10.6 Å². The SMILES string of the molecule is Cc1sc(N)nc1C(C)OC(C)C. The van der Waals surface area contributed by atoms with Crippen LogP contribution in [0.1, 0.15) is 37.4 Å². The number of anilines is 1. The number of hydrogen-bond donors (Lipinski definition) is 1. The van der Waals surface area contributed by atoms with E-state index in [1.54, 1.807) is 0 Å². The van der Waals surface area contributed by atoms with Crippen LogP contribution in [-0.2, 0) is 4.74 Å². The highest BCUT2D eigenvalue weighted by Crippen LogP contribution is 2.27. The van der Waals surface area contributed by atoms with Gasteiger partial charge >= 0.3 is 0 Å². The zero-order valence-corrected chi connectivity index (χ0v) is 9.31. The van der Waals surface area contributed by atoms with Crippen LogP contribution in [0.2, 0.25) is 0 Å². The monoisotopic (exact) mass is 200 g/mol. The highest BCUT2D eigenvalue weighted by Gasteiger charge is 2.14. The minimum absolute atomic E-state index is 0.0357. The van der Waals surface area contributed by atoms with Gasteiger partial charge in [0.2, 0.25) is 0 Å². The first-order valence-electron chi connectivity index (χ1n) is 4.39. The van der Waals surface area contributed by atoms with E-state index in [1.807, 2.05) is 27.7 Å². The van der Waals surface area contributed by atoms with Crippen molar-refractivity contribution in [2.24, 2.45) is 0 Å². The third kappa shape index (κ3) is 2.67. The Balaban J connectivity index is 2.76. The molecule has 13 heavy (non-hydrogen) atoms. The van der Waals surface area contributed by atoms with Gasteiger partial charge in [0.05, 0.1) is 17.9 Å². The Bertz CT molecular complexity index is 283. The largest absolute Gasteiger partial charge is 0.375 e. The van der Waals surface area contributed by atoms with Gasteiger partial charge in [-0.25, -0.2) is 4.98 Å². The number of thiazole rings is 1. The lowest BCUT2D eigenvalue weighted by atomic mass is 10.2. The van der Waals surface area contributed by atoms with Crippen molar-refractivity contribution in [3.8, 4) is 0 Å². The second-order valence-corrected chi connectivity index (χ2v) is 4.56. The second-order valence-electron chi connectivity index (χ2n) is 3.32. The second kappa shape index (κ2) is 4.07. The fraction of sp³-hybridized carbons (Fsp3) is 0.667. The number of nitrogen functional groups attached to an aromatic ring is 1. The maximum atomic E-state index is 5.62. The molecule has 2 N–H and O–H groups in total. The Kier molecular flexibility index (Phi) is 3.27. The summed E-state index contributed by atoms with van der Waals surface area (Å²) in [6.45, 7) is 8.05. The third-order valence-corrected chi connectivity index (χ3v) is 2.53. The Morgan fingerprint density at radius 1 is 1.38 bits per heavy atom. The highest BCUT2D eigenvalue weighted by molar-refractivity contribution is 7.15. The van der Waals surface area contributed by atoms with E-state index in [4.69, 9.17) is 10.5 Å². The molecular formula is C9H16N2OS. The molecule has 0 radical (unpaired) electrons. The summed E-state index contributed by atoms with van der Waals surface area (Å²) in [5, 5.41) is 0.617. The van der Waals surface area contributed by atoms with Gasteiger partial charge < -0.3 is 10.5 Å². The van der Waals surface area contributed by atoms with Crippen LogP contribution in [0.3, 0.4) is 0 Å². The molecule has 0 aliphatic heterocycles. The van der Waals surface area contributed by atoms with Crippen LogP contribution in [0.15, 0.2) is 0 Å². The van der Waals surface area contributed by atoms with E-state index in [0.717, 1.165) is 10.6 Å². The average Bonchev–Trinajstić information content (AvgIpc) is 2.28. The maximum Gasteiger partial charge on any atom is 0.180 e. The Morgan fingerprint density at radius 3 is 2.38 bits per heavy atom. The van der Waals surface area contributed by atoms with Crippen molar-refractivity contribution in [3.63, 3.8) is 0 Å². The molecule has 1 heterocycles. The van der Waals surface area contributed by atoms with E-state index >= 15 is 0 Å². The first-order valence-corrected chi connectivity index (χ1v) is 5.20. The molecule has 0 fully saturated rings. The van der Waals surface area contributed by atoms with E-state index in [9.17, 15) is 0 Å². The van der Waals surface area contributed by atoms with Gasteiger partial charge in [0.25, 0.3) is 0 Å². The summed E-state index contributed by atoms with van der Waals surface area (Å²) in [6.07, 6.45) is 0.255. The van der Waals surface area contributed by atoms with Crippen molar-refractivity contribution in [1.29, 1.82) is 0 Å². The summed E-state index contributed by atoms with van der Waals surface area (Å²) in [6, 6.07) is 0. The molecule has 0 spiro atoms. The van der Waals surface area contributed by atoms with Crippen LogP contribution in [0, 0.1) is 6.92 Å². The molecule has 0 saturated heterocycles. The number of aromatic nitrogens is 1. The molecule has 0 aliphatic carbocycles. The molecule has 1 aromatic rings. The van der Waals surface area contributed by atoms with Gasteiger partial charge in [-0.3, -0.25) is 0 Å². The molecule has 74 valence electrons. The number of aryl methyl sites for hydroxylation is 1. The number of hydrogen-bond acceptors (Lipinski definition) is 4. The normalized spacial score (nSPS) is 13.6. The Hall–Kier alpha value is -0.610. The topological polar surface area (TPSA) is 48.1 Å². The quantitative estimate of drug-likeness (QED) is 0.815. The highest BCUT2D eigenvalue weighted by atomic mass is 32.1. The zero-order valence-electron chi connectivity index (χ0n) is 8.50. The zero-order chi connectivity index (χ0) is 10.0. The Morgan fingerprint density at radius 2 is 2.00 bits per heavy atom. The lowest BCUT2D eigenvalue weighted by Gasteiger charge is -2.14. The van der Waals surface area contributed by atoms with E-state index in [1.165, 1.54) is 11.3 Å². The van der Waals surface area contributed by atoms with Gasteiger partial charge in [0, 0.05) is 4.88 Å². The lowest BCUT2D eigenvalue weighted by Crippen LogP contribution is -2.08. The molecule has 1 aromatic heterocycles. The molecular weight excluding hydrogens is 184 g/mol. The average molecular weight is 200 g/mol. The number of nitrogens with two attached hydrogens (primary N) is 1. The van der Waals surface area contributed by atoms with Gasteiger partial charge in [-0.15, -0.1) is 11.3 Å². The molecule has 1 atom stereocenters. The minimum atomic E-state index is 0.0357. The summed E-state index contributed by atoms with van der Waals surface area (Å²) in [7, 11) is 0. The molecule has 0 aliphatic rings. The van der Waals surface area contributed by atoms with Gasteiger partial charge in [-0.2, -0.15) is 0 Å². The fourth-order valence-electron chi connectivity index (χ4n) is 1.28. The van der Waals surface area contributed by atoms with E-state index in [-0.39, 0.29) is 12.2 Å². The number of ether oxygens (including phenoxy) is 1. The first kappa shape index (κ1) is 10.5. The minimum Gasteiger partial charge on any atom is -0.375 e. The van der Waals surface area contributed by atoms with Crippen LogP contribution < -0.4 is 5.73 Å². The van der Waals surface area contributed by atoms with Crippen LogP contribution in [0.4, 0.5) is 5.13 Å². The lowest BCUT2D eigenvalue weighted by molar-refractivity contribution is 0.0155. The molecule has 1 unspecified atom stereocenters. The van der Waals surface area contributed by atoms with Gasteiger partial charge in [0.15, 0.2) is 5.13 Å². The van der Waals surface area contributed by atoms with Crippen molar-refractivity contribution in [2.45, 2.75) is 39.9 Å². The molecule has 3 nitrogen and oxygen atoms in total. The van der Waals surface area contributed by atoms with Crippen molar-refractivity contribution < 1.29 is 4.74 Å². The molecule has 1 rings (SSSR count). The molecule has 0 saturated carbocycles. The van der Waals surface area contributed by atoms with E-state index < -0.39 is 0 Å². The molecule has 0 aromatic carbocycles. The van der Waals surface area contributed by atoms with E-state index in [2.05, 4.69) is 4.98 Å². The number of rotatable bonds is 3. The number of nitrogens with zero attached hydrogens (tertiary/aromatic N) is 1. The van der Waals surface area contributed by atoms with Crippen LogP contribution in [-0.4, -0.2) is 11.1 Å². The van der Waals surface area contributed by atoms with Crippen LogP contribution in [0.5, 0.6) is 0 Å². The predicted octanol–water partition coefficient (Wildman–Crippen LogP) is 2.52. The summed E-state index contributed by atoms with van der Waals surface area (Å²) in [4.78, 5) is 5.38. The van der Waals surface area contributed by atoms with Gasteiger partial charge in [0.1, 0.15) is 0 Å². The fourth-order valence-corrected chi connectivity index (χ4v) is 2.05. The standard InChI is InChI=1S/C9H16N2OS/c1-5(2)12-6(3)8-7(4)13-9(10)11-8/h5-6H,1-4H3,(H2,10,11). The van der Waals surface area contributed by atoms with Crippen LogP contribution >= 0.6 is 11.3 Å². The van der Waals surface area contributed by atoms with Crippen molar-refractivity contribution >= 4 is 16.5 Å². The third-order valence-electron chi connectivity index (χ3n) is 1.71. The summed E-state index contributed by atoms with van der Waals surface area (Å²) < 4.78 is 5.62. The van der Waals surface area contributed by atoms with Crippen molar-refractivity contribution in [1.82, 2.24) is 4.98 Å². The van der Waals surface area contributed by atoms with Gasteiger partial charge in [-0.05, 0) is 27.7 Å².